The summed E-state index contributed by atoms with van der Waals surface area (Å²) in [5, 5.41) is 0. The van der Waals surface area contributed by atoms with E-state index in [4.69, 9.17) is 4.74 Å². The molecule has 0 aliphatic carbocycles. The number of carbonyl (C=O) groups excluding carboxylic acids is 1. The summed E-state index contributed by atoms with van der Waals surface area (Å²) in [5.41, 5.74) is 0. The second kappa shape index (κ2) is 11.0. The van der Waals surface area contributed by atoms with E-state index in [2.05, 4.69) is 20.8 Å². The van der Waals surface area contributed by atoms with E-state index in [0.29, 0.717) is 6.42 Å². The molecule has 2 nitrogen and oxygen atoms in total. The predicted molar refractivity (Wildman–Crippen MR) is 68.5 cm³/mol. The number of hydrogen-bond donors (Lipinski definition) is 0. The molecule has 0 aromatic rings. The first-order valence-corrected chi connectivity index (χ1v) is 6.94. The van der Waals surface area contributed by atoms with Crippen LogP contribution < -0.4 is 0 Å². The van der Waals surface area contributed by atoms with Gasteiger partial charge < -0.3 is 4.74 Å². The second-order valence-corrected chi connectivity index (χ2v) is 4.47. The highest BCUT2D eigenvalue weighted by Gasteiger charge is 2.11. The van der Waals surface area contributed by atoms with Gasteiger partial charge in [-0.05, 0) is 19.3 Å². The number of hydrogen-bond acceptors (Lipinski definition) is 2. The Morgan fingerprint density at radius 3 is 2.25 bits per heavy atom. The van der Waals surface area contributed by atoms with Crippen molar-refractivity contribution in [2.45, 2.75) is 84.7 Å². The summed E-state index contributed by atoms with van der Waals surface area (Å²) in [5.74, 6) is -0.000874. The van der Waals surface area contributed by atoms with Gasteiger partial charge in [-0.15, -0.1) is 0 Å². The molecule has 0 aromatic heterocycles. The lowest BCUT2D eigenvalue weighted by Gasteiger charge is -2.15. The van der Waals surface area contributed by atoms with Crippen LogP contribution >= 0.6 is 0 Å². The molecule has 0 aliphatic heterocycles. The predicted octanol–water partition coefficient (Wildman–Crippen LogP) is 4.47. The summed E-state index contributed by atoms with van der Waals surface area (Å²) in [6.07, 6.45) is 9.61. The smallest absolute Gasteiger partial charge is 0.306 e. The second-order valence-electron chi connectivity index (χ2n) is 4.47. The molecule has 0 unspecified atom stereocenters. The van der Waals surface area contributed by atoms with Gasteiger partial charge in [-0.25, -0.2) is 0 Å². The van der Waals surface area contributed by atoms with Crippen molar-refractivity contribution in [2.24, 2.45) is 0 Å². The first kappa shape index (κ1) is 15.5. The normalized spacial score (nSPS) is 12.4. The molecule has 1 atom stereocenters. The molecule has 96 valence electrons. The van der Waals surface area contributed by atoms with Gasteiger partial charge in [-0.2, -0.15) is 0 Å². The highest BCUT2D eigenvalue weighted by molar-refractivity contribution is 5.69. The van der Waals surface area contributed by atoms with E-state index in [0.717, 1.165) is 32.1 Å². The van der Waals surface area contributed by atoms with Crippen LogP contribution in [-0.4, -0.2) is 12.1 Å². The van der Waals surface area contributed by atoms with Crippen molar-refractivity contribution in [3.63, 3.8) is 0 Å². The molecule has 0 spiro atoms. The minimum Gasteiger partial charge on any atom is -0.462 e. The van der Waals surface area contributed by atoms with Gasteiger partial charge in [0.05, 0.1) is 0 Å². The SMILES string of the molecule is CCCCCCC(=O)O[C@H](CC)CCCC. The summed E-state index contributed by atoms with van der Waals surface area (Å²) in [7, 11) is 0. The molecule has 2 heteroatoms. The van der Waals surface area contributed by atoms with Gasteiger partial charge >= 0.3 is 5.97 Å². The van der Waals surface area contributed by atoms with Crippen LogP contribution in [0.25, 0.3) is 0 Å². The van der Waals surface area contributed by atoms with Crippen molar-refractivity contribution < 1.29 is 9.53 Å². The van der Waals surface area contributed by atoms with Crippen molar-refractivity contribution in [1.82, 2.24) is 0 Å². The van der Waals surface area contributed by atoms with Crippen molar-refractivity contribution in [1.29, 1.82) is 0 Å². The van der Waals surface area contributed by atoms with Crippen LogP contribution in [0.5, 0.6) is 0 Å². The maximum absolute atomic E-state index is 11.5. The number of rotatable bonds is 10. The van der Waals surface area contributed by atoms with Crippen LogP contribution in [0, 0.1) is 0 Å². The Kier molecular flexibility index (Phi) is 10.6. The fourth-order valence-electron chi connectivity index (χ4n) is 1.72. The van der Waals surface area contributed by atoms with E-state index in [9.17, 15) is 4.79 Å². The van der Waals surface area contributed by atoms with Crippen molar-refractivity contribution in [2.75, 3.05) is 0 Å². The van der Waals surface area contributed by atoms with Crippen molar-refractivity contribution in [3.8, 4) is 0 Å². The molecule has 0 N–H and O–H groups in total. The van der Waals surface area contributed by atoms with Crippen LogP contribution in [0.2, 0.25) is 0 Å². The monoisotopic (exact) mass is 228 g/mol. The maximum atomic E-state index is 11.5. The molecule has 0 saturated heterocycles. The zero-order valence-electron chi connectivity index (χ0n) is 11.3. The molecular weight excluding hydrogens is 200 g/mol. The van der Waals surface area contributed by atoms with Gasteiger partial charge in [-0.1, -0.05) is 52.9 Å². The van der Waals surface area contributed by atoms with Crippen molar-refractivity contribution in [3.05, 3.63) is 0 Å². The number of unbranched alkanes of at least 4 members (excludes halogenated alkanes) is 4. The lowest BCUT2D eigenvalue weighted by atomic mass is 10.1. The average Bonchev–Trinajstić information content (AvgIpc) is 2.30. The fourth-order valence-corrected chi connectivity index (χ4v) is 1.72. The molecule has 0 heterocycles. The van der Waals surface area contributed by atoms with E-state index in [1.54, 1.807) is 0 Å². The number of esters is 1. The summed E-state index contributed by atoms with van der Waals surface area (Å²) in [4.78, 5) is 11.5. The van der Waals surface area contributed by atoms with Gasteiger partial charge in [0.25, 0.3) is 0 Å². The van der Waals surface area contributed by atoms with Gasteiger partial charge in [0.2, 0.25) is 0 Å². The van der Waals surface area contributed by atoms with Crippen LogP contribution in [0.1, 0.15) is 78.6 Å². The van der Waals surface area contributed by atoms with Gasteiger partial charge in [0.1, 0.15) is 6.10 Å². The van der Waals surface area contributed by atoms with Gasteiger partial charge in [-0.3, -0.25) is 4.79 Å². The quantitative estimate of drug-likeness (QED) is 0.407. The summed E-state index contributed by atoms with van der Waals surface area (Å²) in [6, 6.07) is 0. The summed E-state index contributed by atoms with van der Waals surface area (Å²) in [6.45, 7) is 6.43. The minimum atomic E-state index is -0.000874. The minimum absolute atomic E-state index is 0.000874. The first-order chi connectivity index (χ1) is 7.74. The van der Waals surface area contributed by atoms with E-state index < -0.39 is 0 Å². The lowest BCUT2D eigenvalue weighted by molar-refractivity contribution is -0.149. The highest BCUT2D eigenvalue weighted by Crippen LogP contribution is 2.11. The summed E-state index contributed by atoms with van der Waals surface area (Å²) >= 11 is 0. The largest absolute Gasteiger partial charge is 0.462 e. The van der Waals surface area contributed by atoms with Crippen LogP contribution in [-0.2, 0) is 9.53 Å². The fraction of sp³-hybridized carbons (Fsp3) is 0.929. The van der Waals surface area contributed by atoms with Crippen molar-refractivity contribution >= 4 is 5.97 Å². The highest BCUT2D eigenvalue weighted by atomic mass is 16.5. The van der Waals surface area contributed by atoms with Crippen LogP contribution in [0.4, 0.5) is 0 Å². The topological polar surface area (TPSA) is 26.3 Å². The molecule has 0 aliphatic rings. The zero-order chi connectivity index (χ0) is 12.2. The number of ether oxygens (including phenoxy) is 1. The average molecular weight is 228 g/mol. The maximum Gasteiger partial charge on any atom is 0.306 e. The summed E-state index contributed by atoms with van der Waals surface area (Å²) < 4.78 is 5.44. The van der Waals surface area contributed by atoms with E-state index >= 15 is 0 Å². The third-order valence-corrected chi connectivity index (χ3v) is 2.87. The first-order valence-electron chi connectivity index (χ1n) is 6.94. The lowest BCUT2D eigenvalue weighted by Crippen LogP contribution is -2.17. The number of carbonyl (C=O) groups is 1. The van der Waals surface area contributed by atoms with E-state index in [-0.39, 0.29) is 12.1 Å². The Balaban J connectivity index is 3.57. The van der Waals surface area contributed by atoms with E-state index in [1.165, 1.54) is 19.3 Å². The molecule has 0 bridgehead atoms. The molecule has 0 amide bonds. The standard InChI is InChI=1S/C14H28O2/c1-4-7-9-10-12-14(15)16-13(6-3)11-8-5-2/h13H,4-12H2,1-3H3/t13-/m1/s1. The van der Waals surface area contributed by atoms with E-state index in [1.807, 2.05) is 0 Å². The Hall–Kier alpha value is -0.530. The Morgan fingerprint density at radius 2 is 1.69 bits per heavy atom. The molecule has 0 aromatic carbocycles. The Morgan fingerprint density at radius 1 is 1.00 bits per heavy atom. The Bertz CT molecular complexity index is 166. The van der Waals surface area contributed by atoms with Gasteiger partial charge in [0, 0.05) is 6.42 Å². The third kappa shape index (κ3) is 8.75. The molecule has 0 saturated carbocycles. The molecule has 16 heavy (non-hydrogen) atoms. The third-order valence-electron chi connectivity index (χ3n) is 2.87. The molecule has 0 radical (unpaired) electrons. The zero-order valence-corrected chi connectivity index (χ0v) is 11.3. The van der Waals surface area contributed by atoms with Gasteiger partial charge in [0.15, 0.2) is 0 Å². The van der Waals surface area contributed by atoms with Crippen LogP contribution in [0.15, 0.2) is 0 Å². The van der Waals surface area contributed by atoms with Crippen LogP contribution in [0.3, 0.4) is 0 Å². The molecular formula is C14H28O2. The Labute approximate surface area is 101 Å². The molecule has 0 fully saturated rings. The molecule has 0 rings (SSSR count).